The first-order valence-electron chi connectivity index (χ1n) is 7.62. The third kappa shape index (κ3) is 3.66. The van der Waals surface area contributed by atoms with Crippen molar-refractivity contribution in [2.24, 2.45) is 0 Å². The van der Waals surface area contributed by atoms with Crippen molar-refractivity contribution in [1.29, 1.82) is 0 Å². The van der Waals surface area contributed by atoms with Gasteiger partial charge in [0.1, 0.15) is 0 Å². The van der Waals surface area contributed by atoms with E-state index in [9.17, 15) is 9.59 Å². The number of nitrogens with zero attached hydrogens (tertiary/aromatic N) is 1. The molecule has 0 unspecified atom stereocenters. The average molecular weight is 324 g/mol. The first-order chi connectivity index (χ1) is 10.3. The Bertz CT molecular complexity index is 556. The van der Waals surface area contributed by atoms with Crippen LogP contribution in [-0.4, -0.2) is 55.9 Å². The van der Waals surface area contributed by atoms with Gasteiger partial charge >= 0.3 is 0 Å². The van der Waals surface area contributed by atoms with E-state index in [4.69, 9.17) is 0 Å². The molecule has 22 heavy (non-hydrogen) atoms. The monoisotopic (exact) mass is 323 g/mol. The molecule has 3 rings (SSSR count). The van der Waals surface area contributed by atoms with Gasteiger partial charge in [0.15, 0.2) is 5.78 Å². The topological polar surface area (TPSA) is 61.4 Å². The van der Waals surface area contributed by atoms with Gasteiger partial charge < -0.3 is 10.6 Å². The Kier molecular flexibility index (Phi) is 5.94. The van der Waals surface area contributed by atoms with Crippen molar-refractivity contribution in [2.45, 2.75) is 12.8 Å². The summed E-state index contributed by atoms with van der Waals surface area (Å²) >= 11 is 0. The number of piperazine rings is 1. The molecule has 1 amide bonds. The van der Waals surface area contributed by atoms with E-state index in [0.29, 0.717) is 24.9 Å². The lowest BCUT2D eigenvalue weighted by molar-refractivity contribution is 0.0945. The highest BCUT2D eigenvalue weighted by Crippen LogP contribution is 2.25. The second-order valence-electron chi connectivity index (χ2n) is 5.60. The number of ketones is 1. The number of hydrogen-bond acceptors (Lipinski definition) is 4. The number of nitrogens with one attached hydrogen (secondary N) is 2. The standard InChI is InChI=1S/C16H21N3O2.ClH/c20-15-5-4-12-13(15)2-1-3-14(12)16(21)18-8-11-19-9-6-17-7-10-19;/h1-3,17H,4-11H2,(H,18,21);1H. The van der Waals surface area contributed by atoms with Crippen molar-refractivity contribution in [2.75, 3.05) is 39.3 Å². The lowest BCUT2D eigenvalue weighted by Gasteiger charge is -2.27. The van der Waals surface area contributed by atoms with Crippen LogP contribution in [0, 0.1) is 0 Å². The molecule has 1 aliphatic carbocycles. The normalized spacial score (nSPS) is 17.7. The minimum absolute atomic E-state index is 0. The maximum atomic E-state index is 12.3. The second-order valence-corrected chi connectivity index (χ2v) is 5.60. The summed E-state index contributed by atoms with van der Waals surface area (Å²) in [5.41, 5.74) is 2.31. The van der Waals surface area contributed by atoms with Crippen molar-refractivity contribution in [3.63, 3.8) is 0 Å². The lowest BCUT2D eigenvalue weighted by atomic mass is 10.0. The van der Waals surface area contributed by atoms with Gasteiger partial charge in [-0.25, -0.2) is 0 Å². The summed E-state index contributed by atoms with van der Waals surface area (Å²) in [6, 6.07) is 5.44. The number of hydrogen-bond donors (Lipinski definition) is 2. The van der Waals surface area contributed by atoms with Crippen LogP contribution in [0.4, 0.5) is 0 Å². The molecule has 2 aliphatic rings. The average Bonchev–Trinajstić information content (AvgIpc) is 2.90. The number of benzene rings is 1. The molecule has 120 valence electrons. The number of halogens is 1. The van der Waals surface area contributed by atoms with Crippen LogP contribution in [0.1, 0.15) is 32.7 Å². The molecular weight excluding hydrogens is 302 g/mol. The van der Waals surface area contributed by atoms with Gasteiger partial charge in [0, 0.05) is 56.8 Å². The highest BCUT2D eigenvalue weighted by molar-refractivity contribution is 6.05. The molecular formula is C16H22ClN3O2. The molecule has 1 aromatic rings. The van der Waals surface area contributed by atoms with E-state index in [0.717, 1.165) is 43.9 Å². The number of fused-ring (bicyclic) bond motifs is 1. The molecule has 2 N–H and O–H groups in total. The fraction of sp³-hybridized carbons (Fsp3) is 0.500. The van der Waals surface area contributed by atoms with Gasteiger partial charge in [0.2, 0.25) is 0 Å². The number of carbonyl (C=O) groups excluding carboxylic acids is 2. The van der Waals surface area contributed by atoms with Crippen LogP contribution in [0.15, 0.2) is 18.2 Å². The summed E-state index contributed by atoms with van der Waals surface area (Å²) in [6.45, 7) is 5.62. The Morgan fingerprint density at radius 1 is 1.23 bits per heavy atom. The predicted octanol–water partition coefficient (Wildman–Crippen LogP) is 0.872. The summed E-state index contributed by atoms with van der Waals surface area (Å²) < 4.78 is 0. The summed E-state index contributed by atoms with van der Waals surface area (Å²) in [5, 5.41) is 6.29. The van der Waals surface area contributed by atoms with E-state index in [1.165, 1.54) is 0 Å². The van der Waals surface area contributed by atoms with E-state index in [-0.39, 0.29) is 24.1 Å². The van der Waals surface area contributed by atoms with Gasteiger partial charge in [-0.3, -0.25) is 14.5 Å². The van der Waals surface area contributed by atoms with E-state index >= 15 is 0 Å². The van der Waals surface area contributed by atoms with Gasteiger partial charge in [-0.1, -0.05) is 12.1 Å². The molecule has 0 aromatic heterocycles. The molecule has 0 atom stereocenters. The van der Waals surface area contributed by atoms with E-state index in [1.54, 1.807) is 6.07 Å². The molecule has 6 heteroatoms. The molecule has 1 saturated heterocycles. The highest BCUT2D eigenvalue weighted by Gasteiger charge is 2.24. The first-order valence-corrected chi connectivity index (χ1v) is 7.62. The van der Waals surface area contributed by atoms with Gasteiger partial charge in [0.05, 0.1) is 0 Å². The largest absolute Gasteiger partial charge is 0.351 e. The van der Waals surface area contributed by atoms with Crippen molar-refractivity contribution in [1.82, 2.24) is 15.5 Å². The molecule has 1 aliphatic heterocycles. The number of rotatable bonds is 4. The minimum atomic E-state index is -0.0586. The zero-order valence-corrected chi connectivity index (χ0v) is 13.4. The van der Waals surface area contributed by atoms with Gasteiger partial charge in [-0.05, 0) is 18.1 Å². The highest BCUT2D eigenvalue weighted by atomic mass is 35.5. The lowest BCUT2D eigenvalue weighted by Crippen LogP contribution is -2.46. The Morgan fingerprint density at radius 2 is 2.00 bits per heavy atom. The van der Waals surface area contributed by atoms with E-state index in [1.807, 2.05) is 12.1 Å². The smallest absolute Gasteiger partial charge is 0.251 e. The maximum absolute atomic E-state index is 12.3. The minimum Gasteiger partial charge on any atom is -0.351 e. The Labute approximate surface area is 136 Å². The van der Waals surface area contributed by atoms with Gasteiger partial charge in [-0.2, -0.15) is 0 Å². The van der Waals surface area contributed by atoms with E-state index < -0.39 is 0 Å². The summed E-state index contributed by atoms with van der Waals surface area (Å²) in [6.07, 6.45) is 1.22. The molecule has 0 spiro atoms. The molecule has 1 heterocycles. The molecule has 0 radical (unpaired) electrons. The fourth-order valence-corrected chi connectivity index (χ4v) is 3.06. The SMILES string of the molecule is Cl.O=C1CCc2c1cccc2C(=O)NCCN1CCNCC1. The van der Waals surface area contributed by atoms with Gasteiger partial charge in [-0.15, -0.1) is 12.4 Å². The predicted molar refractivity (Wildman–Crippen MR) is 88.0 cm³/mol. The number of carbonyl (C=O) groups is 2. The summed E-state index contributed by atoms with van der Waals surface area (Å²) in [7, 11) is 0. The van der Waals surface area contributed by atoms with Crippen molar-refractivity contribution >= 4 is 24.1 Å². The molecule has 1 aromatic carbocycles. The summed E-state index contributed by atoms with van der Waals surface area (Å²) in [5.74, 6) is 0.0946. The molecule has 5 nitrogen and oxygen atoms in total. The first kappa shape index (κ1) is 16.9. The van der Waals surface area contributed by atoms with E-state index in [2.05, 4.69) is 15.5 Å². The number of Topliss-reactive ketones (excluding diaryl/α,β-unsaturated/α-hetero) is 1. The third-order valence-corrected chi connectivity index (χ3v) is 4.25. The Morgan fingerprint density at radius 3 is 2.77 bits per heavy atom. The molecule has 0 saturated carbocycles. The Balaban J connectivity index is 0.00000176. The molecule has 0 bridgehead atoms. The van der Waals surface area contributed by atoms with Crippen LogP contribution >= 0.6 is 12.4 Å². The van der Waals surface area contributed by atoms with Gasteiger partial charge in [0.25, 0.3) is 5.91 Å². The zero-order chi connectivity index (χ0) is 14.7. The van der Waals surface area contributed by atoms with Crippen molar-refractivity contribution in [3.8, 4) is 0 Å². The van der Waals surface area contributed by atoms with Crippen molar-refractivity contribution < 1.29 is 9.59 Å². The fourth-order valence-electron chi connectivity index (χ4n) is 3.06. The van der Waals surface area contributed by atoms with Crippen LogP contribution in [0.25, 0.3) is 0 Å². The van der Waals surface area contributed by atoms with Crippen LogP contribution < -0.4 is 10.6 Å². The van der Waals surface area contributed by atoms with Crippen LogP contribution in [0.3, 0.4) is 0 Å². The molecule has 1 fully saturated rings. The third-order valence-electron chi connectivity index (χ3n) is 4.25. The zero-order valence-electron chi connectivity index (χ0n) is 12.6. The van der Waals surface area contributed by atoms with Crippen molar-refractivity contribution in [3.05, 3.63) is 34.9 Å². The summed E-state index contributed by atoms with van der Waals surface area (Å²) in [4.78, 5) is 26.4. The van der Waals surface area contributed by atoms with Crippen LogP contribution in [0.5, 0.6) is 0 Å². The Hall–Kier alpha value is -1.43. The van der Waals surface area contributed by atoms with Crippen LogP contribution in [-0.2, 0) is 6.42 Å². The number of amides is 1. The quantitative estimate of drug-likeness (QED) is 0.863. The second kappa shape index (κ2) is 7.72. The maximum Gasteiger partial charge on any atom is 0.251 e. The van der Waals surface area contributed by atoms with Crippen LogP contribution in [0.2, 0.25) is 0 Å².